The first-order chi connectivity index (χ1) is 9.31. The summed E-state index contributed by atoms with van der Waals surface area (Å²) in [4.78, 5) is 35.7. The van der Waals surface area contributed by atoms with Gasteiger partial charge in [0.15, 0.2) is 6.10 Å². The number of cyclic esters (lactones) is 2. The zero-order valence-corrected chi connectivity index (χ0v) is 12.3. The second-order valence-corrected chi connectivity index (χ2v) is 5.19. The van der Waals surface area contributed by atoms with Gasteiger partial charge in [0.1, 0.15) is 0 Å². The van der Waals surface area contributed by atoms with Gasteiger partial charge in [-0.3, -0.25) is 0 Å². The first-order valence-corrected chi connectivity index (χ1v) is 6.60. The summed E-state index contributed by atoms with van der Waals surface area (Å²) in [6.45, 7) is 5.89. The second-order valence-electron chi connectivity index (χ2n) is 5.19. The van der Waals surface area contributed by atoms with E-state index in [4.69, 9.17) is 14.2 Å². The maximum atomic E-state index is 11.6. The van der Waals surface area contributed by atoms with Gasteiger partial charge in [-0.25, -0.2) is 14.4 Å². The first-order valence-electron chi connectivity index (χ1n) is 6.60. The monoisotopic (exact) mass is 287 g/mol. The molecule has 1 saturated heterocycles. The van der Waals surface area contributed by atoms with Crippen molar-refractivity contribution in [3.63, 3.8) is 0 Å². The number of carbonyl (C=O) groups is 3. The average Bonchev–Trinajstić information content (AvgIpc) is 2.38. The summed E-state index contributed by atoms with van der Waals surface area (Å²) >= 11 is 0. The van der Waals surface area contributed by atoms with E-state index in [9.17, 15) is 14.4 Å². The number of hydrogen-bond acceptors (Lipinski definition) is 6. The highest BCUT2D eigenvalue weighted by molar-refractivity contribution is 5.87. The summed E-state index contributed by atoms with van der Waals surface area (Å²) in [6, 6.07) is 0. The number of esters is 2. The minimum atomic E-state index is -0.959. The van der Waals surface area contributed by atoms with E-state index in [0.717, 1.165) is 0 Å². The van der Waals surface area contributed by atoms with Crippen LogP contribution in [0.1, 0.15) is 27.2 Å². The quantitative estimate of drug-likeness (QED) is 0.553. The van der Waals surface area contributed by atoms with Crippen LogP contribution in [0.15, 0.2) is 0 Å². The molecule has 0 N–H and O–H groups in total. The molecule has 0 aromatic heterocycles. The number of hydrogen-bond donors (Lipinski definition) is 0. The lowest BCUT2D eigenvalue weighted by Crippen LogP contribution is -2.44. The SMILES string of the molecule is CC(C)COC(=O)N(C)CCC1OC(=O)C(C)OC1=O. The van der Waals surface area contributed by atoms with E-state index >= 15 is 0 Å². The summed E-state index contributed by atoms with van der Waals surface area (Å²) in [5.74, 6) is -0.899. The summed E-state index contributed by atoms with van der Waals surface area (Å²) < 4.78 is 14.8. The molecule has 7 heteroatoms. The van der Waals surface area contributed by atoms with Crippen molar-refractivity contribution < 1.29 is 28.6 Å². The molecule has 1 aliphatic heterocycles. The maximum absolute atomic E-state index is 11.6. The summed E-state index contributed by atoms with van der Waals surface area (Å²) in [6.07, 6.45) is -2.11. The van der Waals surface area contributed by atoms with Crippen molar-refractivity contribution in [3.05, 3.63) is 0 Å². The minimum absolute atomic E-state index is 0.185. The van der Waals surface area contributed by atoms with Crippen molar-refractivity contribution in [2.75, 3.05) is 20.2 Å². The molecule has 0 aromatic carbocycles. The third-order valence-corrected chi connectivity index (χ3v) is 2.72. The topological polar surface area (TPSA) is 82.1 Å². The lowest BCUT2D eigenvalue weighted by molar-refractivity contribution is -0.193. The molecule has 7 nitrogen and oxygen atoms in total. The summed E-state index contributed by atoms with van der Waals surface area (Å²) in [5.41, 5.74) is 0. The Labute approximate surface area is 118 Å². The fourth-order valence-electron chi connectivity index (χ4n) is 1.51. The van der Waals surface area contributed by atoms with Crippen LogP contribution in [0, 0.1) is 5.92 Å². The maximum Gasteiger partial charge on any atom is 0.409 e. The molecular weight excluding hydrogens is 266 g/mol. The van der Waals surface area contributed by atoms with Crippen molar-refractivity contribution in [1.29, 1.82) is 0 Å². The number of amides is 1. The fraction of sp³-hybridized carbons (Fsp3) is 0.769. The third-order valence-electron chi connectivity index (χ3n) is 2.72. The molecule has 0 bridgehead atoms. The van der Waals surface area contributed by atoms with E-state index in [1.54, 1.807) is 7.05 Å². The van der Waals surface area contributed by atoms with Gasteiger partial charge in [0.25, 0.3) is 0 Å². The second kappa shape index (κ2) is 7.12. The van der Waals surface area contributed by atoms with Crippen molar-refractivity contribution in [3.8, 4) is 0 Å². The molecule has 2 atom stereocenters. The molecule has 20 heavy (non-hydrogen) atoms. The van der Waals surface area contributed by atoms with E-state index in [1.165, 1.54) is 11.8 Å². The van der Waals surface area contributed by atoms with E-state index in [-0.39, 0.29) is 18.9 Å². The molecule has 1 rings (SSSR count). The lowest BCUT2D eigenvalue weighted by Gasteiger charge is -2.26. The van der Waals surface area contributed by atoms with Crippen molar-refractivity contribution in [1.82, 2.24) is 4.90 Å². The number of rotatable bonds is 5. The van der Waals surface area contributed by atoms with Gasteiger partial charge in [-0.05, 0) is 12.8 Å². The van der Waals surface area contributed by atoms with E-state index in [1.807, 2.05) is 13.8 Å². The molecule has 1 fully saturated rings. The summed E-state index contributed by atoms with van der Waals surface area (Å²) in [7, 11) is 1.56. The predicted octanol–water partition coefficient (Wildman–Crippen LogP) is 0.958. The third kappa shape index (κ3) is 4.71. The highest BCUT2D eigenvalue weighted by atomic mass is 16.6. The van der Waals surface area contributed by atoms with E-state index in [0.29, 0.717) is 6.61 Å². The Bertz CT molecular complexity index is 381. The van der Waals surface area contributed by atoms with Crippen molar-refractivity contribution in [2.45, 2.75) is 39.4 Å². The van der Waals surface area contributed by atoms with Crippen LogP contribution in [0.4, 0.5) is 4.79 Å². The van der Waals surface area contributed by atoms with Gasteiger partial charge >= 0.3 is 18.0 Å². The Kier molecular flexibility index (Phi) is 5.79. The van der Waals surface area contributed by atoms with Gasteiger partial charge in [-0.2, -0.15) is 0 Å². The fourth-order valence-corrected chi connectivity index (χ4v) is 1.51. The van der Waals surface area contributed by atoms with E-state index in [2.05, 4.69) is 0 Å². The minimum Gasteiger partial charge on any atom is -0.449 e. The van der Waals surface area contributed by atoms with Crippen LogP contribution in [0.5, 0.6) is 0 Å². The molecule has 1 amide bonds. The van der Waals surface area contributed by atoms with Gasteiger partial charge in [0.2, 0.25) is 6.10 Å². The Hall–Kier alpha value is -1.79. The zero-order valence-electron chi connectivity index (χ0n) is 12.3. The van der Waals surface area contributed by atoms with Crippen LogP contribution < -0.4 is 0 Å². The molecule has 2 unspecified atom stereocenters. The van der Waals surface area contributed by atoms with Gasteiger partial charge in [-0.15, -0.1) is 0 Å². The van der Waals surface area contributed by atoms with Crippen molar-refractivity contribution in [2.24, 2.45) is 5.92 Å². The van der Waals surface area contributed by atoms with Crippen molar-refractivity contribution >= 4 is 18.0 Å². The van der Waals surface area contributed by atoms with Gasteiger partial charge in [-0.1, -0.05) is 13.8 Å². The number of ether oxygens (including phenoxy) is 3. The average molecular weight is 287 g/mol. The lowest BCUT2D eigenvalue weighted by atomic mass is 10.2. The first kappa shape index (κ1) is 16.3. The molecule has 1 heterocycles. The van der Waals surface area contributed by atoms with Crippen LogP contribution >= 0.6 is 0 Å². The predicted molar refractivity (Wildman–Crippen MR) is 68.9 cm³/mol. The number of carbonyl (C=O) groups excluding carboxylic acids is 3. The van der Waals surface area contributed by atoms with Crippen LogP contribution in [-0.2, 0) is 23.8 Å². The normalized spacial score (nSPS) is 22.2. The Morgan fingerprint density at radius 1 is 1.30 bits per heavy atom. The van der Waals surface area contributed by atoms with Crippen LogP contribution in [0.3, 0.4) is 0 Å². The molecule has 0 aromatic rings. The van der Waals surface area contributed by atoms with Crippen LogP contribution in [0.2, 0.25) is 0 Å². The number of nitrogens with zero attached hydrogens (tertiary/aromatic N) is 1. The largest absolute Gasteiger partial charge is 0.449 e. The Morgan fingerprint density at radius 2 is 1.95 bits per heavy atom. The molecule has 114 valence electrons. The molecule has 0 radical (unpaired) electrons. The smallest absolute Gasteiger partial charge is 0.409 e. The van der Waals surface area contributed by atoms with Gasteiger partial charge in [0, 0.05) is 20.0 Å². The van der Waals surface area contributed by atoms with Gasteiger partial charge in [0.05, 0.1) is 6.61 Å². The molecular formula is C13H21NO6. The van der Waals surface area contributed by atoms with Crippen LogP contribution in [0.25, 0.3) is 0 Å². The Balaban J connectivity index is 2.36. The zero-order chi connectivity index (χ0) is 15.3. The highest BCUT2D eigenvalue weighted by Gasteiger charge is 2.35. The molecule has 0 saturated carbocycles. The summed E-state index contributed by atoms with van der Waals surface area (Å²) in [5, 5.41) is 0. The van der Waals surface area contributed by atoms with Gasteiger partial charge < -0.3 is 19.1 Å². The molecule has 1 aliphatic rings. The standard InChI is InChI=1S/C13H21NO6/c1-8(2)7-18-13(17)14(4)6-5-10-12(16)19-9(3)11(15)20-10/h8-10H,5-7H2,1-4H3. The van der Waals surface area contributed by atoms with E-state index < -0.39 is 30.2 Å². The molecule has 0 aliphatic carbocycles. The van der Waals surface area contributed by atoms with Crippen LogP contribution in [-0.4, -0.2) is 55.3 Å². The Morgan fingerprint density at radius 3 is 2.55 bits per heavy atom. The highest BCUT2D eigenvalue weighted by Crippen LogP contribution is 2.13. The molecule has 0 spiro atoms.